The normalized spacial score (nSPS) is 13.1. The lowest BCUT2D eigenvalue weighted by Gasteiger charge is -2.25. The first-order valence-corrected chi connectivity index (χ1v) is 9.55. The fourth-order valence-electron chi connectivity index (χ4n) is 3.36. The molecule has 0 saturated heterocycles. The van der Waals surface area contributed by atoms with Crippen LogP contribution in [0.15, 0.2) is 0 Å². The Morgan fingerprint density at radius 3 is 1.45 bits per heavy atom. The molecule has 0 aromatic heterocycles. The Kier molecular flexibility index (Phi) is 11.4. The Balaban J connectivity index is 3.50. The first-order chi connectivity index (χ1) is 10.2. The summed E-state index contributed by atoms with van der Waals surface area (Å²) < 4.78 is 0. The third kappa shape index (κ3) is 13.6. The van der Waals surface area contributed by atoms with Crippen molar-refractivity contribution in [3.8, 4) is 0 Å². The average Bonchev–Trinajstić information content (AvgIpc) is 2.39. The molecule has 22 heavy (non-hydrogen) atoms. The molecule has 0 amide bonds. The SMILES string of the molecule is CCCC(C)(C)CCCCCCCCC(C)(C)CCC(O)O. The number of aliphatic hydroxyl groups excluding tert-OH is 1. The third-order valence-electron chi connectivity index (χ3n) is 4.96. The van der Waals surface area contributed by atoms with Gasteiger partial charge in [0.1, 0.15) is 0 Å². The van der Waals surface area contributed by atoms with Crippen molar-refractivity contribution in [3.63, 3.8) is 0 Å². The molecule has 0 atom stereocenters. The van der Waals surface area contributed by atoms with Crippen LogP contribution >= 0.6 is 0 Å². The van der Waals surface area contributed by atoms with Crippen LogP contribution in [0.25, 0.3) is 0 Å². The van der Waals surface area contributed by atoms with Crippen LogP contribution in [0.1, 0.15) is 112 Å². The highest BCUT2D eigenvalue weighted by Gasteiger charge is 2.18. The number of hydrogen-bond donors (Lipinski definition) is 2. The predicted molar refractivity (Wildman–Crippen MR) is 96.9 cm³/mol. The maximum absolute atomic E-state index is 8.95. The van der Waals surface area contributed by atoms with Crippen LogP contribution in [0.5, 0.6) is 0 Å². The minimum absolute atomic E-state index is 0.244. The van der Waals surface area contributed by atoms with Crippen LogP contribution in [-0.4, -0.2) is 16.5 Å². The van der Waals surface area contributed by atoms with Crippen molar-refractivity contribution in [1.82, 2.24) is 0 Å². The second kappa shape index (κ2) is 11.5. The molecule has 0 aliphatic heterocycles. The summed E-state index contributed by atoms with van der Waals surface area (Å²) in [6.45, 7) is 11.6. The van der Waals surface area contributed by atoms with Gasteiger partial charge < -0.3 is 10.2 Å². The predicted octanol–water partition coefficient (Wildman–Crippen LogP) is 6.05. The third-order valence-corrected chi connectivity index (χ3v) is 4.96. The van der Waals surface area contributed by atoms with E-state index in [0.29, 0.717) is 11.8 Å². The van der Waals surface area contributed by atoms with E-state index in [-0.39, 0.29) is 5.41 Å². The van der Waals surface area contributed by atoms with Gasteiger partial charge in [-0.3, -0.25) is 0 Å². The molecule has 0 aromatic rings. The van der Waals surface area contributed by atoms with Gasteiger partial charge in [-0.25, -0.2) is 0 Å². The van der Waals surface area contributed by atoms with Gasteiger partial charge in [-0.15, -0.1) is 0 Å². The van der Waals surface area contributed by atoms with Gasteiger partial charge in [0.15, 0.2) is 6.29 Å². The van der Waals surface area contributed by atoms with Gasteiger partial charge in [0.05, 0.1) is 0 Å². The maximum atomic E-state index is 8.95. The summed E-state index contributed by atoms with van der Waals surface area (Å²) >= 11 is 0. The van der Waals surface area contributed by atoms with Crippen molar-refractivity contribution >= 4 is 0 Å². The Morgan fingerprint density at radius 1 is 0.636 bits per heavy atom. The van der Waals surface area contributed by atoms with Crippen LogP contribution in [0.4, 0.5) is 0 Å². The lowest BCUT2D eigenvalue weighted by molar-refractivity contribution is -0.0524. The molecule has 2 heteroatoms. The van der Waals surface area contributed by atoms with Crippen molar-refractivity contribution in [3.05, 3.63) is 0 Å². The molecule has 0 fully saturated rings. The van der Waals surface area contributed by atoms with Crippen LogP contribution in [0.2, 0.25) is 0 Å². The largest absolute Gasteiger partial charge is 0.368 e. The standard InChI is InChI=1S/C20H42O2/c1-6-14-19(2,3)15-11-9-7-8-10-12-16-20(4,5)17-13-18(21)22/h18,21-22H,6-17H2,1-5H3. The molecule has 0 unspecified atom stereocenters. The summed E-state index contributed by atoms with van der Waals surface area (Å²) in [7, 11) is 0. The molecule has 0 saturated carbocycles. The summed E-state index contributed by atoms with van der Waals surface area (Å²) in [5.74, 6) is 0. The Morgan fingerprint density at radius 2 is 1.05 bits per heavy atom. The zero-order valence-corrected chi connectivity index (χ0v) is 16.0. The van der Waals surface area contributed by atoms with Gasteiger partial charge in [-0.2, -0.15) is 0 Å². The molecule has 0 radical (unpaired) electrons. The fourth-order valence-corrected chi connectivity index (χ4v) is 3.36. The van der Waals surface area contributed by atoms with Crippen molar-refractivity contribution in [1.29, 1.82) is 0 Å². The van der Waals surface area contributed by atoms with Crippen LogP contribution in [0.3, 0.4) is 0 Å². The Labute approximate surface area is 139 Å². The molecule has 134 valence electrons. The summed E-state index contributed by atoms with van der Waals surface area (Å²) in [4.78, 5) is 0. The maximum Gasteiger partial charge on any atom is 0.151 e. The van der Waals surface area contributed by atoms with E-state index in [2.05, 4.69) is 34.6 Å². The Bertz CT molecular complexity index is 256. The lowest BCUT2D eigenvalue weighted by atomic mass is 9.82. The number of rotatable bonds is 14. The fraction of sp³-hybridized carbons (Fsp3) is 1.00. The van der Waals surface area contributed by atoms with Crippen LogP contribution in [0, 0.1) is 10.8 Å². The molecule has 0 rings (SSSR count). The topological polar surface area (TPSA) is 40.5 Å². The minimum Gasteiger partial charge on any atom is -0.368 e. The van der Waals surface area contributed by atoms with E-state index in [9.17, 15) is 0 Å². The van der Waals surface area contributed by atoms with E-state index >= 15 is 0 Å². The quantitative estimate of drug-likeness (QED) is 0.302. The van der Waals surface area contributed by atoms with E-state index in [1.54, 1.807) is 0 Å². The van der Waals surface area contributed by atoms with Gasteiger partial charge in [0, 0.05) is 0 Å². The molecule has 0 aliphatic carbocycles. The molecule has 0 heterocycles. The highest BCUT2D eigenvalue weighted by atomic mass is 16.5. The van der Waals surface area contributed by atoms with Gasteiger partial charge in [0.25, 0.3) is 0 Å². The molecular weight excluding hydrogens is 272 g/mol. The molecule has 2 N–H and O–H groups in total. The molecule has 0 aliphatic rings. The van der Waals surface area contributed by atoms with E-state index in [1.807, 2.05) is 0 Å². The van der Waals surface area contributed by atoms with E-state index < -0.39 is 6.29 Å². The zero-order chi connectivity index (χ0) is 17.1. The molecule has 2 nitrogen and oxygen atoms in total. The number of unbranched alkanes of at least 4 members (excludes halogenated alkanes) is 5. The molecule has 0 aromatic carbocycles. The summed E-state index contributed by atoms with van der Waals surface area (Å²) in [6.07, 6.45) is 13.6. The first kappa shape index (κ1) is 21.9. The second-order valence-electron chi connectivity index (χ2n) is 8.72. The Hall–Kier alpha value is -0.0800. The van der Waals surface area contributed by atoms with Crippen molar-refractivity contribution in [2.24, 2.45) is 10.8 Å². The second-order valence-corrected chi connectivity index (χ2v) is 8.72. The van der Waals surface area contributed by atoms with E-state index in [4.69, 9.17) is 10.2 Å². The molecule has 0 spiro atoms. The number of aliphatic hydroxyl groups is 2. The highest BCUT2D eigenvalue weighted by Crippen LogP contribution is 2.31. The van der Waals surface area contributed by atoms with Crippen LogP contribution < -0.4 is 0 Å². The summed E-state index contributed by atoms with van der Waals surface area (Å²) in [5.41, 5.74) is 0.782. The van der Waals surface area contributed by atoms with E-state index in [1.165, 1.54) is 64.2 Å². The molecular formula is C20H42O2. The molecule has 0 bridgehead atoms. The van der Waals surface area contributed by atoms with Gasteiger partial charge in [-0.1, -0.05) is 79.6 Å². The minimum atomic E-state index is -1.14. The summed E-state index contributed by atoms with van der Waals surface area (Å²) in [6, 6.07) is 0. The first-order valence-electron chi connectivity index (χ1n) is 9.55. The monoisotopic (exact) mass is 314 g/mol. The van der Waals surface area contributed by atoms with Gasteiger partial charge in [0.2, 0.25) is 0 Å². The zero-order valence-electron chi connectivity index (χ0n) is 16.0. The van der Waals surface area contributed by atoms with E-state index in [0.717, 1.165) is 6.42 Å². The number of hydrogen-bond acceptors (Lipinski definition) is 2. The van der Waals surface area contributed by atoms with Gasteiger partial charge >= 0.3 is 0 Å². The van der Waals surface area contributed by atoms with Crippen molar-refractivity contribution < 1.29 is 10.2 Å². The summed E-state index contributed by atoms with van der Waals surface area (Å²) in [5, 5.41) is 17.9. The highest BCUT2D eigenvalue weighted by molar-refractivity contribution is 4.69. The smallest absolute Gasteiger partial charge is 0.151 e. The average molecular weight is 315 g/mol. The van der Waals surface area contributed by atoms with Crippen LogP contribution in [-0.2, 0) is 0 Å². The van der Waals surface area contributed by atoms with Crippen molar-refractivity contribution in [2.75, 3.05) is 0 Å². The van der Waals surface area contributed by atoms with Crippen molar-refractivity contribution in [2.45, 2.75) is 118 Å². The van der Waals surface area contributed by atoms with Gasteiger partial charge in [-0.05, 0) is 42.9 Å². The lowest BCUT2D eigenvalue weighted by Crippen LogP contribution is -2.15.